The SMILES string of the molecule is CCCc1ccc(O)c(C(N)c2ccccc2)c1. The van der Waals surface area contributed by atoms with Crippen LogP contribution < -0.4 is 5.73 Å². The van der Waals surface area contributed by atoms with Crippen LogP contribution in [0.4, 0.5) is 0 Å². The van der Waals surface area contributed by atoms with Crippen molar-refractivity contribution >= 4 is 0 Å². The normalized spacial score (nSPS) is 12.3. The minimum absolute atomic E-state index is 0.270. The smallest absolute Gasteiger partial charge is 0.120 e. The Bertz CT molecular complexity index is 508. The number of aromatic hydroxyl groups is 1. The van der Waals surface area contributed by atoms with Gasteiger partial charge in [0, 0.05) is 5.56 Å². The third kappa shape index (κ3) is 2.71. The summed E-state index contributed by atoms with van der Waals surface area (Å²) in [5, 5.41) is 9.95. The maximum Gasteiger partial charge on any atom is 0.120 e. The van der Waals surface area contributed by atoms with Gasteiger partial charge in [0.1, 0.15) is 5.75 Å². The fourth-order valence-electron chi connectivity index (χ4n) is 2.14. The molecule has 2 nitrogen and oxygen atoms in total. The van der Waals surface area contributed by atoms with E-state index < -0.39 is 0 Å². The molecule has 1 atom stereocenters. The molecule has 0 bridgehead atoms. The largest absolute Gasteiger partial charge is 0.508 e. The predicted molar refractivity (Wildman–Crippen MR) is 74.6 cm³/mol. The number of aryl methyl sites for hydroxylation is 1. The lowest BCUT2D eigenvalue weighted by molar-refractivity contribution is 0.465. The van der Waals surface area contributed by atoms with Crippen LogP contribution in [0.5, 0.6) is 5.75 Å². The van der Waals surface area contributed by atoms with Gasteiger partial charge in [-0.05, 0) is 23.6 Å². The fourth-order valence-corrected chi connectivity index (χ4v) is 2.14. The van der Waals surface area contributed by atoms with Crippen molar-refractivity contribution < 1.29 is 5.11 Å². The molecule has 0 saturated heterocycles. The molecule has 0 aliphatic heterocycles. The summed E-state index contributed by atoms with van der Waals surface area (Å²) in [6.07, 6.45) is 2.10. The zero-order valence-corrected chi connectivity index (χ0v) is 10.6. The first-order valence-corrected chi connectivity index (χ1v) is 6.34. The van der Waals surface area contributed by atoms with Crippen molar-refractivity contribution in [1.82, 2.24) is 0 Å². The highest BCUT2D eigenvalue weighted by atomic mass is 16.3. The van der Waals surface area contributed by atoms with Gasteiger partial charge in [0.2, 0.25) is 0 Å². The van der Waals surface area contributed by atoms with Crippen LogP contribution >= 0.6 is 0 Å². The summed E-state index contributed by atoms with van der Waals surface area (Å²) in [5.41, 5.74) is 9.25. The van der Waals surface area contributed by atoms with Gasteiger partial charge in [-0.25, -0.2) is 0 Å². The van der Waals surface area contributed by atoms with Gasteiger partial charge in [-0.15, -0.1) is 0 Å². The first kappa shape index (κ1) is 12.7. The Balaban J connectivity index is 2.35. The number of phenolic OH excluding ortho intramolecular Hbond substituents is 1. The third-order valence-corrected chi connectivity index (χ3v) is 3.12. The van der Waals surface area contributed by atoms with E-state index in [1.54, 1.807) is 6.07 Å². The second kappa shape index (κ2) is 5.69. The average Bonchev–Trinajstić information content (AvgIpc) is 2.41. The lowest BCUT2D eigenvalue weighted by atomic mass is 9.96. The molecule has 0 fully saturated rings. The quantitative estimate of drug-likeness (QED) is 0.861. The van der Waals surface area contributed by atoms with Gasteiger partial charge in [0.15, 0.2) is 0 Å². The van der Waals surface area contributed by atoms with Crippen LogP contribution in [0.3, 0.4) is 0 Å². The van der Waals surface area contributed by atoms with E-state index in [4.69, 9.17) is 5.73 Å². The van der Waals surface area contributed by atoms with E-state index in [0.29, 0.717) is 0 Å². The van der Waals surface area contributed by atoms with Crippen LogP contribution in [0.15, 0.2) is 48.5 Å². The molecule has 0 amide bonds. The fraction of sp³-hybridized carbons (Fsp3) is 0.250. The summed E-state index contributed by atoms with van der Waals surface area (Å²) in [6.45, 7) is 2.14. The minimum Gasteiger partial charge on any atom is -0.508 e. The second-order valence-electron chi connectivity index (χ2n) is 4.53. The molecule has 2 heteroatoms. The molecule has 2 rings (SSSR count). The first-order chi connectivity index (χ1) is 8.72. The Morgan fingerprint density at radius 2 is 1.83 bits per heavy atom. The number of hydrogen-bond donors (Lipinski definition) is 2. The summed E-state index contributed by atoms with van der Waals surface area (Å²) in [7, 11) is 0. The molecule has 0 radical (unpaired) electrons. The van der Waals surface area contributed by atoms with E-state index in [1.165, 1.54) is 5.56 Å². The molecule has 1 unspecified atom stereocenters. The van der Waals surface area contributed by atoms with E-state index in [1.807, 2.05) is 42.5 Å². The molecular weight excluding hydrogens is 222 g/mol. The van der Waals surface area contributed by atoms with Crippen LogP contribution in [0.2, 0.25) is 0 Å². The Labute approximate surface area is 108 Å². The van der Waals surface area contributed by atoms with Crippen molar-refractivity contribution in [2.75, 3.05) is 0 Å². The molecule has 0 heterocycles. The van der Waals surface area contributed by atoms with Gasteiger partial charge in [-0.3, -0.25) is 0 Å². The molecule has 0 aliphatic rings. The van der Waals surface area contributed by atoms with Crippen molar-refractivity contribution in [2.45, 2.75) is 25.8 Å². The highest BCUT2D eigenvalue weighted by Crippen LogP contribution is 2.28. The lowest BCUT2D eigenvalue weighted by Gasteiger charge is -2.15. The van der Waals surface area contributed by atoms with Crippen LogP contribution in [0.1, 0.15) is 36.1 Å². The Kier molecular flexibility index (Phi) is 4.00. The molecule has 3 N–H and O–H groups in total. The minimum atomic E-state index is -0.275. The number of benzene rings is 2. The zero-order chi connectivity index (χ0) is 13.0. The van der Waals surface area contributed by atoms with Gasteiger partial charge in [-0.2, -0.15) is 0 Å². The topological polar surface area (TPSA) is 46.2 Å². The van der Waals surface area contributed by atoms with Gasteiger partial charge in [0.05, 0.1) is 6.04 Å². The predicted octanol–water partition coefficient (Wildman–Crippen LogP) is 3.39. The van der Waals surface area contributed by atoms with Crippen LogP contribution in [-0.4, -0.2) is 5.11 Å². The first-order valence-electron chi connectivity index (χ1n) is 6.34. The summed E-state index contributed by atoms with van der Waals surface area (Å²) in [5.74, 6) is 0.270. The van der Waals surface area contributed by atoms with E-state index in [9.17, 15) is 5.11 Å². The van der Waals surface area contributed by atoms with Crippen molar-refractivity contribution in [3.05, 3.63) is 65.2 Å². The summed E-state index contributed by atoms with van der Waals surface area (Å²) in [4.78, 5) is 0. The van der Waals surface area contributed by atoms with Gasteiger partial charge in [0.25, 0.3) is 0 Å². The molecule has 0 aromatic heterocycles. The summed E-state index contributed by atoms with van der Waals surface area (Å²) in [6, 6.07) is 15.3. The second-order valence-corrected chi connectivity index (χ2v) is 4.53. The van der Waals surface area contributed by atoms with E-state index in [-0.39, 0.29) is 11.8 Å². The van der Waals surface area contributed by atoms with Crippen molar-refractivity contribution in [3.63, 3.8) is 0 Å². The molecular formula is C16H19NO. The number of hydrogen-bond acceptors (Lipinski definition) is 2. The maximum absolute atomic E-state index is 9.95. The molecule has 2 aromatic rings. The van der Waals surface area contributed by atoms with Gasteiger partial charge in [-0.1, -0.05) is 55.8 Å². The third-order valence-electron chi connectivity index (χ3n) is 3.12. The Morgan fingerprint density at radius 3 is 2.50 bits per heavy atom. The number of phenols is 1. The number of nitrogens with two attached hydrogens (primary N) is 1. The lowest BCUT2D eigenvalue weighted by Crippen LogP contribution is -2.12. The Morgan fingerprint density at radius 1 is 1.11 bits per heavy atom. The number of rotatable bonds is 4. The van der Waals surface area contributed by atoms with Crippen molar-refractivity contribution in [2.24, 2.45) is 5.73 Å². The molecule has 2 aromatic carbocycles. The van der Waals surface area contributed by atoms with E-state index >= 15 is 0 Å². The molecule has 18 heavy (non-hydrogen) atoms. The van der Waals surface area contributed by atoms with Crippen LogP contribution in [0.25, 0.3) is 0 Å². The highest BCUT2D eigenvalue weighted by Gasteiger charge is 2.13. The van der Waals surface area contributed by atoms with E-state index in [0.717, 1.165) is 24.0 Å². The Hall–Kier alpha value is -1.80. The monoisotopic (exact) mass is 241 g/mol. The van der Waals surface area contributed by atoms with Crippen molar-refractivity contribution in [1.29, 1.82) is 0 Å². The summed E-state index contributed by atoms with van der Waals surface area (Å²) >= 11 is 0. The van der Waals surface area contributed by atoms with Gasteiger partial charge < -0.3 is 10.8 Å². The maximum atomic E-state index is 9.95. The average molecular weight is 241 g/mol. The molecule has 0 aliphatic carbocycles. The standard InChI is InChI=1S/C16H19NO/c1-2-6-12-9-10-15(18)14(11-12)16(17)13-7-4-3-5-8-13/h3-5,7-11,16,18H,2,6,17H2,1H3. The van der Waals surface area contributed by atoms with Gasteiger partial charge >= 0.3 is 0 Å². The molecule has 0 saturated carbocycles. The van der Waals surface area contributed by atoms with E-state index in [2.05, 4.69) is 6.92 Å². The molecule has 94 valence electrons. The highest BCUT2D eigenvalue weighted by molar-refractivity contribution is 5.42. The zero-order valence-electron chi connectivity index (χ0n) is 10.6. The van der Waals surface area contributed by atoms with Crippen LogP contribution in [0, 0.1) is 0 Å². The van der Waals surface area contributed by atoms with Crippen LogP contribution in [-0.2, 0) is 6.42 Å². The van der Waals surface area contributed by atoms with Crippen molar-refractivity contribution in [3.8, 4) is 5.75 Å². The molecule has 0 spiro atoms. The summed E-state index contributed by atoms with van der Waals surface area (Å²) < 4.78 is 0.